The molecule has 2 aliphatic heterocycles. The quantitative estimate of drug-likeness (QED) is 0.567. The lowest BCUT2D eigenvalue weighted by atomic mass is 10.2. The van der Waals surface area contributed by atoms with Gasteiger partial charge < -0.3 is 9.32 Å². The van der Waals surface area contributed by atoms with E-state index in [-0.39, 0.29) is 0 Å². The average Bonchev–Trinajstić information content (AvgIpc) is 2.61. The molecule has 3 heterocycles. The summed E-state index contributed by atoms with van der Waals surface area (Å²) in [6.07, 6.45) is 12.2. The molecule has 0 aromatic carbocycles. The number of allylic oxidation sites excluding steroid dienone is 3. The Morgan fingerprint density at radius 3 is 3.38 bits per heavy atom. The first kappa shape index (κ1) is 6.78. The Labute approximate surface area is 75.8 Å². The molecule has 0 saturated carbocycles. The summed E-state index contributed by atoms with van der Waals surface area (Å²) >= 11 is 0. The maximum absolute atomic E-state index is 5.33. The topological polar surface area (TPSA) is 16.4 Å². The van der Waals surface area contributed by atoms with Gasteiger partial charge in [0.15, 0.2) is 0 Å². The standard InChI is InChI=1S/C11H9NO/c1-2-5-12-8-9-4-6-13-11(9)7-10(12)3-1/h1-4,6-8H,5H2. The molecule has 1 aromatic heterocycles. The number of rotatable bonds is 0. The lowest BCUT2D eigenvalue weighted by molar-refractivity contribution is 0.515. The van der Waals surface area contributed by atoms with Crippen molar-refractivity contribution in [3.05, 3.63) is 46.9 Å². The second-order valence-electron chi connectivity index (χ2n) is 3.19. The number of furan rings is 1. The normalized spacial score (nSPS) is 18.2. The van der Waals surface area contributed by atoms with Gasteiger partial charge in [0.05, 0.1) is 6.26 Å². The van der Waals surface area contributed by atoms with Gasteiger partial charge in [0.25, 0.3) is 0 Å². The van der Waals surface area contributed by atoms with Gasteiger partial charge in [-0.15, -0.1) is 0 Å². The van der Waals surface area contributed by atoms with Crippen LogP contribution in [0, 0.1) is 0 Å². The van der Waals surface area contributed by atoms with Crippen LogP contribution in [0.4, 0.5) is 0 Å². The largest absolute Gasteiger partial charge is 0.464 e. The van der Waals surface area contributed by atoms with Crippen LogP contribution >= 0.6 is 0 Å². The highest BCUT2D eigenvalue weighted by molar-refractivity contribution is 5.54. The third-order valence-corrected chi connectivity index (χ3v) is 2.34. The van der Waals surface area contributed by atoms with E-state index in [1.165, 1.54) is 5.70 Å². The summed E-state index contributed by atoms with van der Waals surface area (Å²) in [6, 6.07) is 1.99. The molecule has 0 amide bonds. The molecule has 3 rings (SSSR count). The third kappa shape index (κ3) is 0.952. The monoisotopic (exact) mass is 171 g/mol. The smallest absolute Gasteiger partial charge is 0.137 e. The minimum atomic E-state index is 0.951. The van der Waals surface area contributed by atoms with Gasteiger partial charge in [-0.25, -0.2) is 0 Å². The van der Waals surface area contributed by atoms with E-state index in [1.807, 2.05) is 6.07 Å². The highest BCUT2D eigenvalue weighted by Gasteiger charge is 2.10. The molecule has 2 aliphatic rings. The predicted molar refractivity (Wildman–Crippen MR) is 50.8 cm³/mol. The molecule has 2 heteroatoms. The van der Waals surface area contributed by atoms with E-state index in [9.17, 15) is 0 Å². The van der Waals surface area contributed by atoms with Crippen LogP contribution in [0.1, 0.15) is 0 Å². The Kier molecular flexibility index (Phi) is 1.25. The molecule has 0 N–H and O–H groups in total. The molecule has 0 unspecified atom stereocenters. The summed E-state index contributed by atoms with van der Waals surface area (Å²) in [5.74, 6) is 0. The van der Waals surface area contributed by atoms with E-state index in [0.29, 0.717) is 0 Å². The van der Waals surface area contributed by atoms with Gasteiger partial charge in [0, 0.05) is 29.7 Å². The number of nitrogens with zero attached hydrogens (tertiary/aromatic N) is 1. The van der Waals surface area contributed by atoms with E-state index < -0.39 is 0 Å². The van der Waals surface area contributed by atoms with Crippen LogP contribution in [-0.4, -0.2) is 11.4 Å². The predicted octanol–water partition coefficient (Wildman–Crippen LogP) is 0.567. The molecular weight excluding hydrogens is 162 g/mol. The molecule has 0 atom stereocenters. The fourth-order valence-corrected chi connectivity index (χ4v) is 1.66. The van der Waals surface area contributed by atoms with Crippen LogP contribution in [-0.2, 0) is 0 Å². The minimum absolute atomic E-state index is 0.951. The van der Waals surface area contributed by atoms with E-state index >= 15 is 0 Å². The lowest BCUT2D eigenvalue weighted by Gasteiger charge is -2.23. The number of hydrogen-bond donors (Lipinski definition) is 0. The zero-order valence-corrected chi connectivity index (χ0v) is 7.10. The number of fused-ring (bicyclic) bond motifs is 2. The first-order chi connectivity index (χ1) is 6.43. The zero-order valence-electron chi connectivity index (χ0n) is 7.10. The maximum atomic E-state index is 5.33. The molecule has 1 aromatic rings. The third-order valence-electron chi connectivity index (χ3n) is 2.34. The second kappa shape index (κ2) is 2.39. The Morgan fingerprint density at radius 2 is 2.38 bits per heavy atom. The molecule has 0 saturated heterocycles. The van der Waals surface area contributed by atoms with E-state index in [1.54, 1.807) is 6.26 Å². The number of hydrogen-bond acceptors (Lipinski definition) is 2. The molecule has 0 spiro atoms. The second-order valence-corrected chi connectivity index (χ2v) is 3.19. The Hall–Kier alpha value is -1.70. The molecular formula is C11H9NO. The summed E-state index contributed by atoms with van der Waals surface area (Å²) in [5.41, 5.74) is 2.16. The average molecular weight is 171 g/mol. The van der Waals surface area contributed by atoms with Gasteiger partial charge in [-0.1, -0.05) is 12.2 Å². The van der Waals surface area contributed by atoms with Gasteiger partial charge in [-0.05, 0) is 12.1 Å². The molecule has 0 aliphatic carbocycles. The van der Waals surface area contributed by atoms with Crippen molar-refractivity contribution in [3.63, 3.8) is 0 Å². The van der Waals surface area contributed by atoms with Crippen LogP contribution in [0.3, 0.4) is 0 Å². The summed E-state index contributed by atoms with van der Waals surface area (Å²) in [4.78, 5) is 2.21. The lowest BCUT2D eigenvalue weighted by Crippen LogP contribution is -2.32. The summed E-state index contributed by atoms with van der Waals surface area (Å²) in [7, 11) is 0. The van der Waals surface area contributed by atoms with Crippen molar-refractivity contribution < 1.29 is 4.42 Å². The van der Waals surface area contributed by atoms with Crippen molar-refractivity contribution in [3.8, 4) is 0 Å². The van der Waals surface area contributed by atoms with E-state index in [2.05, 4.69) is 35.4 Å². The van der Waals surface area contributed by atoms with Gasteiger partial charge in [0.2, 0.25) is 0 Å². The van der Waals surface area contributed by atoms with Crippen molar-refractivity contribution in [2.24, 2.45) is 0 Å². The van der Waals surface area contributed by atoms with Crippen LogP contribution < -0.4 is 10.6 Å². The first-order valence-electron chi connectivity index (χ1n) is 4.34. The van der Waals surface area contributed by atoms with Gasteiger partial charge >= 0.3 is 0 Å². The van der Waals surface area contributed by atoms with Gasteiger partial charge in [-0.2, -0.15) is 0 Å². The van der Waals surface area contributed by atoms with E-state index in [0.717, 1.165) is 17.2 Å². The SMILES string of the molecule is C1=CCN2C=c3ccoc3=CC2=C1. The van der Waals surface area contributed by atoms with Crippen LogP contribution in [0.2, 0.25) is 0 Å². The van der Waals surface area contributed by atoms with Crippen LogP contribution in [0.5, 0.6) is 0 Å². The Morgan fingerprint density at radius 1 is 1.38 bits per heavy atom. The fourth-order valence-electron chi connectivity index (χ4n) is 1.66. The van der Waals surface area contributed by atoms with Crippen LogP contribution in [0.25, 0.3) is 12.3 Å². The minimum Gasteiger partial charge on any atom is -0.464 e. The van der Waals surface area contributed by atoms with Crippen molar-refractivity contribution in [1.29, 1.82) is 0 Å². The molecule has 13 heavy (non-hydrogen) atoms. The Bertz CT molecular complexity index is 504. The van der Waals surface area contributed by atoms with Crippen molar-refractivity contribution in [2.45, 2.75) is 0 Å². The van der Waals surface area contributed by atoms with E-state index in [4.69, 9.17) is 4.42 Å². The van der Waals surface area contributed by atoms with Crippen LogP contribution in [0.15, 0.2) is 40.7 Å². The Balaban J connectivity index is 2.30. The maximum Gasteiger partial charge on any atom is 0.137 e. The first-order valence-corrected chi connectivity index (χ1v) is 4.34. The highest BCUT2D eigenvalue weighted by Crippen LogP contribution is 2.12. The van der Waals surface area contributed by atoms with Crippen molar-refractivity contribution >= 4 is 12.3 Å². The molecule has 0 bridgehead atoms. The molecule has 0 radical (unpaired) electrons. The summed E-state index contributed by atoms with van der Waals surface area (Å²) in [5, 5.41) is 1.16. The fraction of sp³-hybridized carbons (Fsp3) is 0.0909. The summed E-state index contributed by atoms with van der Waals surface area (Å²) in [6.45, 7) is 0.951. The van der Waals surface area contributed by atoms with Gasteiger partial charge in [-0.3, -0.25) is 0 Å². The van der Waals surface area contributed by atoms with Crippen molar-refractivity contribution in [1.82, 2.24) is 4.90 Å². The zero-order chi connectivity index (χ0) is 8.67. The highest BCUT2D eigenvalue weighted by atomic mass is 16.3. The molecule has 64 valence electrons. The van der Waals surface area contributed by atoms with Crippen molar-refractivity contribution in [2.75, 3.05) is 6.54 Å². The molecule has 0 fully saturated rings. The molecule has 2 nitrogen and oxygen atoms in total. The van der Waals surface area contributed by atoms with Gasteiger partial charge in [0.1, 0.15) is 5.42 Å². The summed E-state index contributed by atoms with van der Waals surface area (Å²) < 4.78 is 5.33.